The number of nitrogens with zero attached hydrogens (tertiary/aromatic N) is 5. The summed E-state index contributed by atoms with van der Waals surface area (Å²) in [5.41, 5.74) is 3.64. The number of fused-ring (bicyclic) bond motifs is 1. The van der Waals surface area contributed by atoms with Crippen molar-refractivity contribution in [3.8, 4) is 11.8 Å². The van der Waals surface area contributed by atoms with Crippen molar-refractivity contribution in [1.82, 2.24) is 24.8 Å². The quantitative estimate of drug-likeness (QED) is 0.233. The molecule has 1 fully saturated rings. The molecule has 0 amide bonds. The van der Waals surface area contributed by atoms with Crippen molar-refractivity contribution in [2.75, 3.05) is 25.0 Å². The van der Waals surface area contributed by atoms with E-state index in [1.807, 2.05) is 19.9 Å². The molecule has 0 bridgehead atoms. The number of anilines is 1. The number of aliphatic carboxylic acids is 2. The zero-order valence-electron chi connectivity index (χ0n) is 24.1. The summed E-state index contributed by atoms with van der Waals surface area (Å²) in [5.74, 6) is -3.91. The Kier molecular flexibility index (Phi) is 12.3. The summed E-state index contributed by atoms with van der Waals surface area (Å²) in [6.07, 6.45) is -7.09. The molecule has 1 aromatic carbocycles. The molecule has 1 unspecified atom stereocenters. The predicted molar refractivity (Wildman–Crippen MR) is 148 cm³/mol. The minimum Gasteiger partial charge on any atom is -0.493 e. The standard InChI is InChI=1S/C22H26ClN7O.2C2HF3O2/c1-5-31-20-15(13(4)29-22-19-21(26-10-25-19)27-11-28-22)6-17(23)16(7-24)18(20)14-8-30(9-14)12(2)3;2*3-2(4,5)1(6)7/h6,10-14H,5,8-9H2,1-4H3,(H2,25,26,27,28,29);2*(H,6,7). The van der Waals surface area contributed by atoms with E-state index in [4.69, 9.17) is 36.1 Å². The zero-order chi connectivity index (χ0) is 34.3. The third kappa shape index (κ3) is 9.56. The summed E-state index contributed by atoms with van der Waals surface area (Å²) in [5, 5.41) is 28.0. The van der Waals surface area contributed by atoms with E-state index in [1.165, 1.54) is 6.33 Å². The second kappa shape index (κ2) is 15.1. The minimum absolute atomic E-state index is 0.173. The van der Waals surface area contributed by atoms with E-state index in [-0.39, 0.29) is 12.0 Å². The number of aromatic nitrogens is 4. The Labute approximate surface area is 257 Å². The van der Waals surface area contributed by atoms with Crippen LogP contribution < -0.4 is 10.1 Å². The van der Waals surface area contributed by atoms with Crippen LogP contribution in [-0.4, -0.2) is 85.1 Å². The van der Waals surface area contributed by atoms with Crippen LogP contribution in [0.3, 0.4) is 0 Å². The van der Waals surface area contributed by atoms with Gasteiger partial charge in [-0.25, -0.2) is 24.5 Å². The van der Waals surface area contributed by atoms with Gasteiger partial charge in [-0.1, -0.05) is 11.6 Å². The van der Waals surface area contributed by atoms with E-state index >= 15 is 0 Å². The lowest BCUT2D eigenvalue weighted by atomic mass is 9.84. The van der Waals surface area contributed by atoms with Gasteiger partial charge >= 0.3 is 24.3 Å². The molecule has 1 aliphatic rings. The third-order valence-corrected chi connectivity index (χ3v) is 6.57. The molecule has 3 heterocycles. The van der Waals surface area contributed by atoms with Gasteiger partial charge in [0, 0.05) is 36.2 Å². The summed E-state index contributed by atoms with van der Waals surface area (Å²) < 4.78 is 69.6. The Morgan fingerprint density at radius 3 is 2.16 bits per heavy atom. The molecule has 0 spiro atoms. The van der Waals surface area contributed by atoms with E-state index in [1.54, 1.807) is 6.33 Å². The highest BCUT2D eigenvalue weighted by Gasteiger charge is 2.39. The lowest BCUT2D eigenvalue weighted by molar-refractivity contribution is -0.193. The van der Waals surface area contributed by atoms with Crippen molar-refractivity contribution < 1.29 is 50.9 Å². The summed E-state index contributed by atoms with van der Waals surface area (Å²) in [4.78, 5) is 36.0. The number of H-pyrrole nitrogens is 1. The van der Waals surface area contributed by atoms with Crippen LogP contribution in [0.5, 0.6) is 5.75 Å². The largest absolute Gasteiger partial charge is 0.493 e. The van der Waals surface area contributed by atoms with Crippen molar-refractivity contribution in [2.45, 2.75) is 58.0 Å². The number of ether oxygens (including phenoxy) is 1. The summed E-state index contributed by atoms with van der Waals surface area (Å²) >= 11 is 6.59. The first-order valence-electron chi connectivity index (χ1n) is 13.0. The van der Waals surface area contributed by atoms with Crippen LogP contribution in [0, 0.1) is 11.3 Å². The first kappa shape index (κ1) is 36.8. The van der Waals surface area contributed by atoms with Crippen LogP contribution in [0.15, 0.2) is 18.7 Å². The number of nitrogens with one attached hydrogen (secondary N) is 2. The molecule has 19 heteroatoms. The van der Waals surface area contributed by atoms with Gasteiger partial charge < -0.3 is 25.3 Å². The van der Waals surface area contributed by atoms with Gasteiger partial charge in [-0.05, 0) is 33.8 Å². The van der Waals surface area contributed by atoms with Gasteiger partial charge in [0.2, 0.25) is 0 Å². The average molecular weight is 668 g/mol. The highest BCUT2D eigenvalue weighted by molar-refractivity contribution is 6.32. The maximum Gasteiger partial charge on any atom is 0.490 e. The monoisotopic (exact) mass is 667 g/mol. The van der Waals surface area contributed by atoms with Crippen molar-refractivity contribution in [3.05, 3.63) is 40.4 Å². The number of alkyl halides is 6. The summed E-state index contributed by atoms with van der Waals surface area (Å²) in [7, 11) is 0. The number of hydrogen-bond donors (Lipinski definition) is 4. The topological polar surface area (TPSA) is 177 Å². The zero-order valence-corrected chi connectivity index (χ0v) is 24.8. The number of hydrogen-bond acceptors (Lipinski definition) is 9. The molecule has 246 valence electrons. The Hall–Kier alpha value is -4.37. The molecule has 1 saturated heterocycles. The van der Waals surface area contributed by atoms with Gasteiger partial charge in [-0.15, -0.1) is 0 Å². The second-order valence-electron chi connectivity index (χ2n) is 9.65. The van der Waals surface area contributed by atoms with Crippen LogP contribution in [0.25, 0.3) is 11.2 Å². The number of aromatic amines is 1. The van der Waals surface area contributed by atoms with Crippen LogP contribution in [-0.2, 0) is 9.59 Å². The molecule has 0 aliphatic carbocycles. The van der Waals surface area contributed by atoms with Crippen LogP contribution in [0.4, 0.5) is 32.2 Å². The Morgan fingerprint density at radius 2 is 1.69 bits per heavy atom. The predicted octanol–water partition coefficient (Wildman–Crippen LogP) is 5.52. The summed E-state index contributed by atoms with van der Waals surface area (Å²) in [6, 6.07) is 4.43. The highest BCUT2D eigenvalue weighted by Crippen LogP contribution is 2.44. The number of benzene rings is 1. The summed E-state index contributed by atoms with van der Waals surface area (Å²) in [6.45, 7) is 10.6. The minimum atomic E-state index is -5.08. The third-order valence-electron chi connectivity index (χ3n) is 6.27. The molecule has 1 atom stereocenters. The van der Waals surface area contributed by atoms with Crippen LogP contribution in [0.2, 0.25) is 5.02 Å². The fourth-order valence-electron chi connectivity index (χ4n) is 4.08. The van der Waals surface area contributed by atoms with E-state index in [2.05, 4.69) is 50.1 Å². The number of imidazole rings is 1. The molecular weight excluding hydrogens is 640 g/mol. The molecule has 12 nitrogen and oxygen atoms in total. The highest BCUT2D eigenvalue weighted by atomic mass is 35.5. The Bertz CT molecular complexity index is 1510. The van der Waals surface area contributed by atoms with Gasteiger partial charge in [0.25, 0.3) is 0 Å². The SMILES string of the molecule is CCOc1c(C(C)Nc2ncnc3nc[nH]c23)cc(Cl)c(C#N)c1C1CN(C(C)C)C1.O=C(O)C(F)(F)F.O=C(O)C(F)(F)F. The van der Waals surface area contributed by atoms with Gasteiger partial charge in [-0.3, -0.25) is 4.90 Å². The number of nitriles is 1. The molecule has 0 saturated carbocycles. The van der Waals surface area contributed by atoms with Crippen molar-refractivity contribution in [3.63, 3.8) is 0 Å². The van der Waals surface area contributed by atoms with Crippen molar-refractivity contribution in [2.24, 2.45) is 0 Å². The van der Waals surface area contributed by atoms with E-state index in [0.29, 0.717) is 34.7 Å². The first-order valence-corrected chi connectivity index (χ1v) is 13.3. The number of carbonyl (C=O) groups is 2. The lowest BCUT2D eigenvalue weighted by Gasteiger charge is -2.43. The fraction of sp³-hybridized carbons (Fsp3) is 0.462. The number of carboxylic acids is 2. The molecule has 1 aliphatic heterocycles. The van der Waals surface area contributed by atoms with Crippen LogP contribution >= 0.6 is 11.6 Å². The van der Waals surface area contributed by atoms with E-state index in [9.17, 15) is 31.6 Å². The molecule has 45 heavy (non-hydrogen) atoms. The first-order chi connectivity index (χ1) is 20.8. The van der Waals surface area contributed by atoms with Gasteiger partial charge in [0.1, 0.15) is 23.7 Å². The van der Waals surface area contributed by atoms with Gasteiger partial charge in [-0.2, -0.15) is 31.6 Å². The fourth-order valence-corrected chi connectivity index (χ4v) is 4.34. The molecule has 4 rings (SSSR count). The lowest BCUT2D eigenvalue weighted by Crippen LogP contribution is -2.49. The number of rotatable bonds is 7. The average Bonchev–Trinajstić information content (AvgIpc) is 3.38. The Morgan fingerprint density at radius 1 is 1.13 bits per heavy atom. The van der Waals surface area contributed by atoms with Gasteiger partial charge in [0.05, 0.1) is 29.6 Å². The number of carboxylic acid groups (broad SMARTS) is 2. The molecule has 0 radical (unpaired) electrons. The maximum atomic E-state index is 10.6. The van der Waals surface area contributed by atoms with Crippen LogP contribution in [0.1, 0.15) is 56.3 Å². The van der Waals surface area contributed by atoms with Crippen molar-refractivity contribution in [1.29, 1.82) is 5.26 Å². The normalized spacial score (nSPS) is 14.3. The molecular formula is C26H28ClF6N7O5. The molecule has 2 aromatic heterocycles. The van der Waals surface area contributed by atoms with E-state index in [0.717, 1.165) is 35.5 Å². The smallest absolute Gasteiger partial charge is 0.490 e. The number of likely N-dealkylation sites (tertiary alicyclic amines) is 1. The van der Waals surface area contributed by atoms with Crippen molar-refractivity contribution >= 4 is 40.5 Å². The molecule has 3 aromatic rings. The number of halogens is 7. The Balaban J connectivity index is 0.000000421. The molecule has 4 N–H and O–H groups in total. The maximum absolute atomic E-state index is 10.6. The van der Waals surface area contributed by atoms with Gasteiger partial charge in [0.15, 0.2) is 11.5 Å². The second-order valence-corrected chi connectivity index (χ2v) is 10.1. The van der Waals surface area contributed by atoms with E-state index < -0.39 is 24.3 Å².